The molecule has 0 unspecified atom stereocenters. The van der Waals surface area contributed by atoms with Gasteiger partial charge in [-0.05, 0) is 18.2 Å². The molecule has 160 valence electrons. The maximum atomic E-state index is 12.9. The number of carbonyl (C=O) groups is 1. The molecule has 12 nitrogen and oxygen atoms in total. The molecule has 0 aliphatic heterocycles. The van der Waals surface area contributed by atoms with Crippen LogP contribution in [0.1, 0.15) is 33.6 Å². The van der Waals surface area contributed by atoms with Crippen molar-refractivity contribution in [3.05, 3.63) is 52.9 Å². The Balaban J connectivity index is 2.63. The largest absolute Gasteiger partial charge is 0.359 e. The highest BCUT2D eigenvalue weighted by Crippen LogP contribution is 2.39. The third-order valence-electron chi connectivity index (χ3n) is 4.19. The molecule has 0 radical (unpaired) electrons. The lowest BCUT2D eigenvalue weighted by molar-refractivity contribution is 0.102. The number of aromatic amines is 1. The number of carbonyl (C=O) groups excluding carboxylic acids is 1. The van der Waals surface area contributed by atoms with E-state index in [1.807, 2.05) is 0 Å². The fourth-order valence-corrected chi connectivity index (χ4v) is 5.53. The summed E-state index contributed by atoms with van der Waals surface area (Å²) in [5, 5.41) is 8.00. The predicted octanol–water partition coefficient (Wildman–Crippen LogP) is 0.739. The average molecular weight is 476 g/mol. The Hall–Kier alpha value is -2.69. The van der Waals surface area contributed by atoms with Gasteiger partial charge >= 0.3 is 0 Å². The lowest BCUT2D eigenvalue weighted by Crippen LogP contribution is -2.24. The van der Waals surface area contributed by atoms with E-state index in [1.165, 1.54) is 12.3 Å². The lowest BCUT2D eigenvalue weighted by atomic mass is 9.91. The molecular weight excluding hydrogens is 464 g/mol. The smallest absolute Gasteiger partial charge is 0.295 e. The number of H-pyrrole nitrogens is 1. The Kier molecular flexibility index (Phi) is 5.08. The minimum absolute atomic E-state index is 0.322. The predicted molar refractivity (Wildman–Crippen MR) is 101 cm³/mol. The second-order valence-electron chi connectivity index (χ2n) is 6.09. The standard InChI is InChI=1S/C15H12N2O10S3/c16-8-3-4-10(28(19,20)21)7-6-11(29(22,23)24)13(14(18)9-2-1-5-17-9)15(12(7)8)30(25,26)27/h1-2,4-6,16-17H,3H2,(H,19,20,21)(H,22,23,24)(H,25,26,27). The highest BCUT2D eigenvalue weighted by molar-refractivity contribution is 7.95. The van der Waals surface area contributed by atoms with Gasteiger partial charge in [-0.1, -0.05) is 6.08 Å². The second-order valence-corrected chi connectivity index (χ2v) is 10.2. The summed E-state index contributed by atoms with van der Waals surface area (Å²) in [6, 6.07) is 2.92. The van der Waals surface area contributed by atoms with Gasteiger partial charge in [0.15, 0.2) is 0 Å². The number of rotatable bonds is 5. The van der Waals surface area contributed by atoms with Crippen molar-refractivity contribution >= 4 is 46.8 Å². The number of aromatic nitrogens is 1. The van der Waals surface area contributed by atoms with Crippen LogP contribution in [-0.2, 0) is 30.4 Å². The summed E-state index contributed by atoms with van der Waals surface area (Å²) >= 11 is 0. The summed E-state index contributed by atoms with van der Waals surface area (Å²) in [4.78, 5) is 11.6. The Morgan fingerprint density at radius 2 is 1.63 bits per heavy atom. The fourth-order valence-electron chi connectivity index (χ4n) is 3.06. The highest BCUT2D eigenvalue weighted by atomic mass is 32.2. The summed E-state index contributed by atoms with van der Waals surface area (Å²) in [5.41, 5.74) is -3.69. The average Bonchev–Trinajstić information content (AvgIpc) is 3.11. The second kappa shape index (κ2) is 6.93. The lowest BCUT2D eigenvalue weighted by Gasteiger charge is -2.22. The van der Waals surface area contributed by atoms with Gasteiger partial charge in [-0.3, -0.25) is 18.5 Å². The number of hydrogen-bond acceptors (Lipinski definition) is 8. The van der Waals surface area contributed by atoms with Crippen LogP contribution in [0, 0.1) is 5.41 Å². The van der Waals surface area contributed by atoms with Crippen molar-refractivity contribution in [1.82, 2.24) is 4.98 Å². The topological polar surface area (TPSA) is 220 Å². The zero-order chi connectivity index (χ0) is 22.6. The van der Waals surface area contributed by atoms with Gasteiger partial charge in [0.2, 0.25) is 5.78 Å². The van der Waals surface area contributed by atoms with E-state index in [0.29, 0.717) is 6.07 Å². The van der Waals surface area contributed by atoms with E-state index in [1.54, 1.807) is 0 Å². The Morgan fingerprint density at radius 1 is 1.00 bits per heavy atom. The molecule has 0 spiro atoms. The van der Waals surface area contributed by atoms with Gasteiger partial charge in [0.1, 0.15) is 9.79 Å². The SMILES string of the molecule is N=C1CC=C(S(=O)(=O)O)c2cc(S(=O)(=O)O)c(C(=O)c3ccc[nH]3)c(S(=O)(=O)O)c21. The molecule has 15 heteroatoms. The summed E-state index contributed by atoms with van der Waals surface area (Å²) in [7, 11) is -15.9. The third kappa shape index (κ3) is 3.73. The van der Waals surface area contributed by atoms with Crippen LogP contribution in [0.4, 0.5) is 0 Å². The molecule has 0 amide bonds. The van der Waals surface area contributed by atoms with Gasteiger partial charge in [0, 0.05) is 29.5 Å². The molecule has 0 atom stereocenters. The normalized spacial score (nSPS) is 14.9. The molecule has 1 aromatic heterocycles. The van der Waals surface area contributed by atoms with Crippen molar-refractivity contribution < 1.29 is 43.7 Å². The number of benzene rings is 1. The minimum Gasteiger partial charge on any atom is -0.359 e. The zero-order valence-electron chi connectivity index (χ0n) is 14.5. The first-order valence-corrected chi connectivity index (χ1v) is 12.1. The number of hydrogen-bond donors (Lipinski definition) is 5. The number of allylic oxidation sites excluding steroid dienone is 1. The number of nitrogens with one attached hydrogen (secondary N) is 2. The molecule has 0 bridgehead atoms. The third-order valence-corrected chi connectivity index (χ3v) is 6.93. The molecule has 1 aromatic carbocycles. The Morgan fingerprint density at radius 3 is 2.10 bits per heavy atom. The van der Waals surface area contributed by atoms with Crippen LogP contribution in [0.3, 0.4) is 0 Å². The molecule has 1 aliphatic rings. The van der Waals surface area contributed by atoms with Crippen LogP contribution in [0.25, 0.3) is 4.91 Å². The van der Waals surface area contributed by atoms with Crippen molar-refractivity contribution in [3.8, 4) is 0 Å². The van der Waals surface area contributed by atoms with Crippen molar-refractivity contribution in [2.24, 2.45) is 0 Å². The summed E-state index contributed by atoms with van der Waals surface area (Å²) in [6.45, 7) is 0. The van der Waals surface area contributed by atoms with Crippen molar-refractivity contribution in [1.29, 1.82) is 5.41 Å². The monoisotopic (exact) mass is 476 g/mol. The van der Waals surface area contributed by atoms with Gasteiger partial charge < -0.3 is 10.4 Å². The molecule has 0 saturated heterocycles. The van der Waals surface area contributed by atoms with E-state index >= 15 is 0 Å². The van der Waals surface area contributed by atoms with Gasteiger partial charge in [0.05, 0.1) is 16.2 Å². The van der Waals surface area contributed by atoms with E-state index in [4.69, 9.17) is 5.41 Å². The quantitative estimate of drug-likeness (QED) is 0.301. The fraction of sp³-hybridized carbons (Fsp3) is 0.0667. The van der Waals surface area contributed by atoms with Crippen LogP contribution in [0.2, 0.25) is 0 Å². The van der Waals surface area contributed by atoms with E-state index in [2.05, 4.69) is 4.98 Å². The van der Waals surface area contributed by atoms with E-state index in [-0.39, 0.29) is 5.69 Å². The van der Waals surface area contributed by atoms with Crippen molar-refractivity contribution in [2.45, 2.75) is 16.2 Å². The van der Waals surface area contributed by atoms with Crippen LogP contribution in [-0.4, -0.2) is 55.4 Å². The number of ketones is 1. The first-order valence-electron chi connectivity index (χ1n) is 7.74. The molecule has 1 aliphatic carbocycles. The van der Waals surface area contributed by atoms with Gasteiger partial charge in [-0.25, -0.2) is 0 Å². The van der Waals surface area contributed by atoms with E-state index in [0.717, 1.165) is 12.1 Å². The zero-order valence-corrected chi connectivity index (χ0v) is 17.0. The summed E-state index contributed by atoms with van der Waals surface area (Å²) in [6.07, 6.45) is 1.55. The molecule has 3 rings (SSSR count). The van der Waals surface area contributed by atoms with Gasteiger partial charge in [-0.2, -0.15) is 25.3 Å². The molecule has 30 heavy (non-hydrogen) atoms. The van der Waals surface area contributed by atoms with Crippen LogP contribution < -0.4 is 0 Å². The number of fused-ring (bicyclic) bond motifs is 1. The van der Waals surface area contributed by atoms with Gasteiger partial charge in [-0.15, -0.1) is 0 Å². The van der Waals surface area contributed by atoms with Crippen LogP contribution in [0.5, 0.6) is 0 Å². The molecule has 0 saturated carbocycles. The Bertz CT molecular complexity index is 1450. The maximum Gasteiger partial charge on any atom is 0.295 e. The molecule has 0 fully saturated rings. The maximum absolute atomic E-state index is 12.9. The summed E-state index contributed by atoms with van der Waals surface area (Å²) in [5.74, 6) is -1.28. The van der Waals surface area contributed by atoms with Crippen molar-refractivity contribution in [2.75, 3.05) is 0 Å². The molecule has 1 heterocycles. The van der Waals surface area contributed by atoms with Crippen molar-refractivity contribution in [3.63, 3.8) is 0 Å². The highest BCUT2D eigenvalue weighted by Gasteiger charge is 2.39. The Labute approximate surface area is 170 Å². The minimum atomic E-state index is -5.45. The first kappa shape index (κ1) is 22.0. The molecular formula is C15H12N2O10S3. The first-order chi connectivity index (χ1) is 13.6. The van der Waals surface area contributed by atoms with E-state index < -0.39 is 79.7 Å². The van der Waals surface area contributed by atoms with E-state index in [9.17, 15) is 43.7 Å². The molecule has 5 N–H and O–H groups in total. The summed E-state index contributed by atoms with van der Waals surface area (Å²) < 4.78 is 100. The van der Waals surface area contributed by atoms with Crippen LogP contribution >= 0.6 is 0 Å². The van der Waals surface area contributed by atoms with Crippen LogP contribution in [0.15, 0.2) is 40.3 Å². The van der Waals surface area contributed by atoms with Gasteiger partial charge in [0.25, 0.3) is 30.4 Å². The molecule has 2 aromatic rings.